The van der Waals surface area contributed by atoms with Crippen molar-refractivity contribution in [3.05, 3.63) is 17.5 Å². The average Bonchev–Trinajstić information content (AvgIpc) is 3.32. The molecule has 1 aromatic rings. The predicted octanol–water partition coefficient (Wildman–Crippen LogP) is 1.07. The lowest BCUT2D eigenvalue weighted by Crippen LogP contribution is -2.38. The van der Waals surface area contributed by atoms with Crippen molar-refractivity contribution >= 4 is 5.91 Å². The van der Waals surface area contributed by atoms with Crippen LogP contribution in [0.5, 0.6) is 0 Å². The summed E-state index contributed by atoms with van der Waals surface area (Å²) >= 11 is 0. The topological polar surface area (TPSA) is 68.0 Å². The second kappa shape index (κ2) is 7.05. The number of fused-ring (bicyclic) bond motifs is 1. The Balaban J connectivity index is 1.30. The van der Waals surface area contributed by atoms with Gasteiger partial charge in [-0.3, -0.25) is 9.69 Å². The molecule has 0 aliphatic carbocycles. The zero-order valence-electron chi connectivity index (χ0n) is 14.9. The van der Waals surface area contributed by atoms with Gasteiger partial charge in [0, 0.05) is 50.1 Å². The van der Waals surface area contributed by atoms with Gasteiger partial charge in [-0.2, -0.15) is 0 Å². The number of hydrogen-bond acceptors (Lipinski definition) is 6. The summed E-state index contributed by atoms with van der Waals surface area (Å²) in [6, 6.07) is 1.99. The van der Waals surface area contributed by atoms with Gasteiger partial charge in [0.2, 0.25) is 5.91 Å². The molecule has 0 unspecified atom stereocenters. The van der Waals surface area contributed by atoms with E-state index in [1.165, 1.54) is 0 Å². The van der Waals surface area contributed by atoms with E-state index >= 15 is 0 Å². The van der Waals surface area contributed by atoms with Crippen LogP contribution in [0.2, 0.25) is 0 Å². The molecule has 3 aliphatic heterocycles. The monoisotopic (exact) mass is 349 g/mol. The third-order valence-corrected chi connectivity index (χ3v) is 5.73. The van der Waals surface area contributed by atoms with Crippen LogP contribution < -0.4 is 0 Å². The molecule has 2 atom stereocenters. The Morgan fingerprint density at radius 3 is 3.04 bits per heavy atom. The molecule has 0 spiro atoms. The molecule has 7 heteroatoms. The van der Waals surface area contributed by atoms with Crippen LogP contribution in [0.15, 0.2) is 10.6 Å². The first kappa shape index (κ1) is 17.0. The Kier molecular flexibility index (Phi) is 4.80. The maximum Gasteiger partial charge on any atom is 0.248 e. The minimum atomic E-state index is 0.00404. The first-order valence-electron chi connectivity index (χ1n) is 9.22. The van der Waals surface area contributed by atoms with E-state index in [0.29, 0.717) is 19.1 Å². The highest BCUT2D eigenvalue weighted by atomic mass is 16.5. The SMILES string of the molecule is Cc1cc(CN2C[C@H]3COC[C@@]3(COCC(=O)N3CCCC3)C2)no1. The van der Waals surface area contributed by atoms with E-state index in [1.807, 2.05) is 17.9 Å². The average molecular weight is 349 g/mol. The molecular formula is C18H27N3O4. The maximum absolute atomic E-state index is 12.2. The number of hydrogen-bond donors (Lipinski definition) is 0. The smallest absolute Gasteiger partial charge is 0.248 e. The fraction of sp³-hybridized carbons (Fsp3) is 0.778. The maximum atomic E-state index is 12.2. The number of aromatic nitrogens is 1. The highest BCUT2D eigenvalue weighted by molar-refractivity contribution is 5.77. The molecule has 0 aromatic carbocycles. The third-order valence-electron chi connectivity index (χ3n) is 5.73. The summed E-state index contributed by atoms with van der Waals surface area (Å²) in [7, 11) is 0. The van der Waals surface area contributed by atoms with Crippen molar-refractivity contribution in [3.8, 4) is 0 Å². The van der Waals surface area contributed by atoms with Crippen LogP contribution >= 0.6 is 0 Å². The van der Waals surface area contributed by atoms with E-state index < -0.39 is 0 Å². The van der Waals surface area contributed by atoms with Crippen LogP contribution in [0.4, 0.5) is 0 Å². The zero-order valence-corrected chi connectivity index (χ0v) is 14.9. The van der Waals surface area contributed by atoms with Crippen LogP contribution in [-0.2, 0) is 20.8 Å². The number of rotatable bonds is 6. The second-order valence-electron chi connectivity index (χ2n) is 7.75. The second-order valence-corrected chi connectivity index (χ2v) is 7.75. The summed E-state index contributed by atoms with van der Waals surface area (Å²) in [5, 5.41) is 4.10. The van der Waals surface area contributed by atoms with Crippen molar-refractivity contribution in [2.45, 2.75) is 26.3 Å². The highest BCUT2D eigenvalue weighted by Crippen LogP contribution is 2.42. The number of nitrogens with zero attached hydrogens (tertiary/aromatic N) is 3. The number of ether oxygens (including phenoxy) is 2. The standard InChI is InChI=1S/C18H27N3O4/c1-14-6-16(19-25-14)8-20-7-15-9-23-12-18(15,11-20)13-24-10-17(22)21-4-2-3-5-21/h6,15H,2-5,7-13H2,1H3/t15-,18+/m0/s1. The summed E-state index contributed by atoms with van der Waals surface area (Å²) in [4.78, 5) is 16.5. The van der Waals surface area contributed by atoms with Gasteiger partial charge in [0.05, 0.1) is 25.5 Å². The Morgan fingerprint density at radius 2 is 2.28 bits per heavy atom. The van der Waals surface area contributed by atoms with Gasteiger partial charge in [0.1, 0.15) is 12.4 Å². The van der Waals surface area contributed by atoms with Gasteiger partial charge in [-0.1, -0.05) is 5.16 Å². The van der Waals surface area contributed by atoms with Gasteiger partial charge in [0.25, 0.3) is 0 Å². The molecule has 4 rings (SSSR count). The molecule has 7 nitrogen and oxygen atoms in total. The molecule has 25 heavy (non-hydrogen) atoms. The fourth-order valence-corrected chi connectivity index (χ4v) is 4.39. The molecule has 3 fully saturated rings. The first-order valence-corrected chi connectivity index (χ1v) is 9.22. The van der Waals surface area contributed by atoms with E-state index in [0.717, 1.165) is 63.6 Å². The van der Waals surface area contributed by atoms with Crippen LogP contribution in [0.25, 0.3) is 0 Å². The zero-order chi connectivity index (χ0) is 17.3. The largest absolute Gasteiger partial charge is 0.380 e. The highest BCUT2D eigenvalue weighted by Gasteiger charge is 2.50. The molecule has 3 aliphatic rings. The minimum absolute atomic E-state index is 0.00404. The molecule has 1 amide bonds. The lowest BCUT2D eigenvalue weighted by atomic mass is 9.82. The normalized spacial score (nSPS) is 29.5. The Labute approximate surface area is 148 Å². The van der Waals surface area contributed by atoms with Gasteiger partial charge in [0.15, 0.2) is 0 Å². The summed E-state index contributed by atoms with van der Waals surface area (Å²) < 4.78 is 16.8. The van der Waals surface area contributed by atoms with Crippen molar-refractivity contribution in [1.29, 1.82) is 0 Å². The predicted molar refractivity (Wildman–Crippen MR) is 89.9 cm³/mol. The quantitative estimate of drug-likeness (QED) is 0.765. The lowest BCUT2D eigenvalue weighted by molar-refractivity contribution is -0.136. The number of carbonyl (C=O) groups is 1. The number of aryl methyl sites for hydroxylation is 1. The minimum Gasteiger partial charge on any atom is -0.380 e. The Morgan fingerprint density at radius 1 is 1.44 bits per heavy atom. The van der Waals surface area contributed by atoms with Crippen LogP contribution in [0.3, 0.4) is 0 Å². The van der Waals surface area contributed by atoms with E-state index in [2.05, 4.69) is 10.1 Å². The van der Waals surface area contributed by atoms with Crippen LogP contribution in [-0.4, -0.2) is 73.5 Å². The van der Waals surface area contributed by atoms with Crippen LogP contribution in [0.1, 0.15) is 24.3 Å². The van der Waals surface area contributed by atoms with E-state index in [9.17, 15) is 4.79 Å². The van der Waals surface area contributed by atoms with Gasteiger partial charge in [-0.05, 0) is 19.8 Å². The van der Waals surface area contributed by atoms with Crippen molar-refractivity contribution in [2.75, 3.05) is 52.6 Å². The molecule has 0 saturated carbocycles. The van der Waals surface area contributed by atoms with E-state index in [4.69, 9.17) is 14.0 Å². The Bertz CT molecular complexity index is 613. The molecule has 0 N–H and O–H groups in total. The van der Waals surface area contributed by atoms with Gasteiger partial charge >= 0.3 is 0 Å². The summed E-state index contributed by atoms with van der Waals surface area (Å²) in [6.45, 7) is 8.63. The van der Waals surface area contributed by atoms with E-state index in [-0.39, 0.29) is 17.9 Å². The lowest BCUT2D eigenvalue weighted by Gasteiger charge is -2.27. The molecule has 0 bridgehead atoms. The summed E-state index contributed by atoms with van der Waals surface area (Å²) in [6.07, 6.45) is 2.23. The van der Waals surface area contributed by atoms with Gasteiger partial charge in [-0.25, -0.2) is 0 Å². The van der Waals surface area contributed by atoms with Crippen molar-refractivity contribution in [1.82, 2.24) is 15.0 Å². The number of carbonyl (C=O) groups excluding carboxylic acids is 1. The summed E-state index contributed by atoms with van der Waals surface area (Å²) in [5.41, 5.74) is 0.975. The van der Waals surface area contributed by atoms with Crippen LogP contribution in [0, 0.1) is 18.3 Å². The molecule has 0 radical (unpaired) electrons. The molecule has 138 valence electrons. The molecule has 4 heterocycles. The molecular weight excluding hydrogens is 322 g/mol. The molecule has 3 saturated heterocycles. The van der Waals surface area contributed by atoms with Gasteiger partial charge < -0.3 is 18.9 Å². The summed E-state index contributed by atoms with van der Waals surface area (Å²) in [5.74, 6) is 1.43. The number of likely N-dealkylation sites (tertiary alicyclic amines) is 2. The Hall–Kier alpha value is -1.44. The van der Waals surface area contributed by atoms with Crippen molar-refractivity contribution in [2.24, 2.45) is 11.3 Å². The van der Waals surface area contributed by atoms with Gasteiger partial charge in [-0.15, -0.1) is 0 Å². The van der Waals surface area contributed by atoms with Crippen molar-refractivity contribution in [3.63, 3.8) is 0 Å². The third kappa shape index (κ3) is 3.59. The first-order chi connectivity index (χ1) is 12.1. The molecule has 1 aromatic heterocycles. The van der Waals surface area contributed by atoms with E-state index in [1.54, 1.807) is 0 Å². The van der Waals surface area contributed by atoms with Crippen molar-refractivity contribution < 1.29 is 18.8 Å². The fourth-order valence-electron chi connectivity index (χ4n) is 4.39. The number of amides is 1.